The first-order valence-electron chi connectivity index (χ1n) is 6.97. The first-order valence-corrected chi connectivity index (χ1v) is 6.97. The van der Waals surface area contributed by atoms with E-state index in [2.05, 4.69) is 48.3 Å². The predicted octanol–water partition coefficient (Wildman–Crippen LogP) is 2.26. The molecule has 0 atom stereocenters. The lowest BCUT2D eigenvalue weighted by molar-refractivity contribution is 0.0996. The third-order valence-electron chi connectivity index (χ3n) is 3.55. The number of aryl methyl sites for hydroxylation is 3. The van der Waals surface area contributed by atoms with E-state index in [0.717, 1.165) is 24.8 Å². The van der Waals surface area contributed by atoms with Crippen molar-refractivity contribution in [2.75, 3.05) is 0 Å². The number of primary amides is 1. The number of aromatic nitrogens is 3. The normalized spacial score (nSPS) is 10.8. The molecule has 20 heavy (non-hydrogen) atoms. The summed E-state index contributed by atoms with van der Waals surface area (Å²) in [5.41, 5.74) is 10.8. The van der Waals surface area contributed by atoms with E-state index in [9.17, 15) is 4.79 Å². The number of hydrogen-bond donors (Lipinski definition) is 2. The summed E-state index contributed by atoms with van der Waals surface area (Å²) in [5, 5.41) is 10.5. The summed E-state index contributed by atoms with van der Waals surface area (Å²) >= 11 is 0. The standard InChI is InChI=1S/C15H20N4O/c1-4-9-7-10(5-2)12(11(6-3)8-9)13-14(15(16)20)18-19-17-13/h7-8H,4-6H2,1-3H3,(H2,16,20)(H,17,18,19). The van der Waals surface area contributed by atoms with E-state index < -0.39 is 5.91 Å². The first-order chi connectivity index (χ1) is 9.62. The van der Waals surface area contributed by atoms with Gasteiger partial charge in [-0.25, -0.2) is 0 Å². The summed E-state index contributed by atoms with van der Waals surface area (Å²) in [4.78, 5) is 11.5. The van der Waals surface area contributed by atoms with E-state index >= 15 is 0 Å². The molecule has 0 radical (unpaired) electrons. The summed E-state index contributed by atoms with van der Waals surface area (Å²) in [6.45, 7) is 6.34. The molecule has 106 valence electrons. The van der Waals surface area contributed by atoms with Gasteiger partial charge in [-0.2, -0.15) is 15.4 Å². The Balaban J connectivity index is 2.71. The van der Waals surface area contributed by atoms with Gasteiger partial charge in [0.05, 0.1) is 0 Å². The lowest BCUT2D eigenvalue weighted by Gasteiger charge is -2.14. The number of carbonyl (C=O) groups excluding carboxylic acids is 1. The molecule has 5 nitrogen and oxygen atoms in total. The minimum absolute atomic E-state index is 0.207. The number of benzene rings is 1. The minimum atomic E-state index is -0.558. The molecule has 0 saturated heterocycles. The zero-order chi connectivity index (χ0) is 14.7. The van der Waals surface area contributed by atoms with Gasteiger partial charge in [0.2, 0.25) is 0 Å². The van der Waals surface area contributed by atoms with Crippen LogP contribution in [0.4, 0.5) is 0 Å². The topological polar surface area (TPSA) is 84.7 Å². The molecule has 1 heterocycles. The van der Waals surface area contributed by atoms with Crippen LogP contribution in [0.15, 0.2) is 12.1 Å². The van der Waals surface area contributed by atoms with Gasteiger partial charge in [0, 0.05) is 5.56 Å². The van der Waals surface area contributed by atoms with Gasteiger partial charge in [-0.1, -0.05) is 32.9 Å². The van der Waals surface area contributed by atoms with Gasteiger partial charge in [0.25, 0.3) is 5.91 Å². The highest BCUT2D eigenvalue weighted by Crippen LogP contribution is 2.30. The number of carbonyl (C=O) groups is 1. The van der Waals surface area contributed by atoms with Crippen molar-refractivity contribution in [2.45, 2.75) is 40.0 Å². The van der Waals surface area contributed by atoms with Crippen molar-refractivity contribution in [3.63, 3.8) is 0 Å². The van der Waals surface area contributed by atoms with Gasteiger partial charge in [-0.05, 0) is 36.0 Å². The van der Waals surface area contributed by atoms with Crippen LogP contribution in [0.3, 0.4) is 0 Å². The molecule has 2 aromatic rings. The number of aromatic amines is 1. The van der Waals surface area contributed by atoms with Crippen LogP contribution >= 0.6 is 0 Å². The molecule has 0 spiro atoms. The average Bonchev–Trinajstić information content (AvgIpc) is 2.94. The van der Waals surface area contributed by atoms with E-state index in [1.54, 1.807) is 0 Å². The molecule has 0 aliphatic carbocycles. The molecule has 0 saturated carbocycles. The van der Waals surface area contributed by atoms with E-state index in [1.165, 1.54) is 16.7 Å². The number of nitrogens with zero attached hydrogens (tertiary/aromatic N) is 2. The molecule has 0 aliphatic rings. The van der Waals surface area contributed by atoms with E-state index in [0.29, 0.717) is 5.69 Å². The van der Waals surface area contributed by atoms with Crippen molar-refractivity contribution >= 4 is 5.91 Å². The van der Waals surface area contributed by atoms with Gasteiger partial charge in [0.1, 0.15) is 5.69 Å². The Morgan fingerprint density at radius 1 is 1.10 bits per heavy atom. The van der Waals surface area contributed by atoms with E-state index in [4.69, 9.17) is 5.73 Å². The summed E-state index contributed by atoms with van der Waals surface area (Å²) in [5.74, 6) is -0.558. The number of rotatable bonds is 5. The maximum Gasteiger partial charge on any atom is 0.271 e. The second kappa shape index (κ2) is 5.86. The zero-order valence-corrected chi connectivity index (χ0v) is 12.2. The lowest BCUT2D eigenvalue weighted by Crippen LogP contribution is -2.13. The monoisotopic (exact) mass is 272 g/mol. The maximum absolute atomic E-state index is 11.5. The number of nitrogens with two attached hydrogens (primary N) is 1. The second-order valence-corrected chi connectivity index (χ2v) is 4.73. The highest BCUT2D eigenvalue weighted by molar-refractivity contribution is 5.97. The van der Waals surface area contributed by atoms with E-state index in [1.807, 2.05) is 0 Å². The second-order valence-electron chi connectivity index (χ2n) is 4.73. The number of amides is 1. The van der Waals surface area contributed by atoms with Crippen LogP contribution in [0.25, 0.3) is 11.3 Å². The molecule has 0 unspecified atom stereocenters. The molecular formula is C15H20N4O. The molecule has 0 bridgehead atoms. The van der Waals surface area contributed by atoms with Gasteiger partial charge >= 0.3 is 0 Å². The summed E-state index contributed by atoms with van der Waals surface area (Å²) < 4.78 is 0. The Labute approximate surface area is 118 Å². The first kappa shape index (κ1) is 14.2. The SMILES string of the molecule is CCc1cc(CC)c(-c2n[nH]nc2C(N)=O)c(CC)c1. The Bertz CT molecular complexity index is 606. The third-order valence-corrected chi connectivity index (χ3v) is 3.55. The average molecular weight is 272 g/mol. The van der Waals surface area contributed by atoms with Crippen molar-refractivity contribution in [3.05, 3.63) is 34.5 Å². The fourth-order valence-corrected chi connectivity index (χ4v) is 2.48. The van der Waals surface area contributed by atoms with Crippen molar-refractivity contribution in [2.24, 2.45) is 5.73 Å². The highest BCUT2D eigenvalue weighted by Gasteiger charge is 2.20. The molecule has 5 heteroatoms. The van der Waals surface area contributed by atoms with Gasteiger partial charge < -0.3 is 5.73 Å². The quantitative estimate of drug-likeness (QED) is 0.875. The van der Waals surface area contributed by atoms with Crippen molar-refractivity contribution in [1.29, 1.82) is 0 Å². The van der Waals surface area contributed by atoms with Crippen molar-refractivity contribution in [3.8, 4) is 11.3 Å². The zero-order valence-electron chi connectivity index (χ0n) is 12.2. The smallest absolute Gasteiger partial charge is 0.271 e. The number of H-pyrrole nitrogens is 1. The molecular weight excluding hydrogens is 252 g/mol. The molecule has 1 aromatic heterocycles. The molecule has 1 amide bonds. The maximum atomic E-state index is 11.5. The minimum Gasteiger partial charge on any atom is -0.364 e. The summed E-state index contributed by atoms with van der Waals surface area (Å²) in [7, 11) is 0. The number of hydrogen-bond acceptors (Lipinski definition) is 3. The van der Waals surface area contributed by atoms with Crippen molar-refractivity contribution in [1.82, 2.24) is 15.4 Å². The van der Waals surface area contributed by atoms with Crippen LogP contribution in [-0.4, -0.2) is 21.3 Å². The van der Waals surface area contributed by atoms with Crippen LogP contribution in [0.5, 0.6) is 0 Å². The Morgan fingerprint density at radius 2 is 1.70 bits per heavy atom. The third kappa shape index (κ3) is 2.43. The van der Waals surface area contributed by atoms with Crippen LogP contribution in [0.1, 0.15) is 48.0 Å². The Kier molecular flexibility index (Phi) is 4.17. The largest absolute Gasteiger partial charge is 0.364 e. The van der Waals surface area contributed by atoms with E-state index in [-0.39, 0.29) is 5.69 Å². The molecule has 1 aromatic carbocycles. The van der Waals surface area contributed by atoms with Crippen molar-refractivity contribution < 1.29 is 4.79 Å². The number of nitrogens with one attached hydrogen (secondary N) is 1. The predicted molar refractivity (Wildman–Crippen MR) is 78.5 cm³/mol. The van der Waals surface area contributed by atoms with Gasteiger partial charge in [-0.15, -0.1) is 0 Å². The fraction of sp³-hybridized carbons (Fsp3) is 0.400. The molecule has 3 N–H and O–H groups in total. The molecule has 0 aliphatic heterocycles. The lowest BCUT2D eigenvalue weighted by atomic mass is 9.91. The van der Waals surface area contributed by atoms with Gasteiger partial charge in [0.15, 0.2) is 5.69 Å². The molecule has 2 rings (SSSR count). The molecule has 0 fully saturated rings. The van der Waals surface area contributed by atoms with Crippen LogP contribution in [0, 0.1) is 0 Å². The van der Waals surface area contributed by atoms with Crippen LogP contribution in [-0.2, 0) is 19.3 Å². The van der Waals surface area contributed by atoms with Gasteiger partial charge in [-0.3, -0.25) is 4.79 Å². The van der Waals surface area contributed by atoms with Crippen LogP contribution in [0.2, 0.25) is 0 Å². The van der Waals surface area contributed by atoms with Crippen LogP contribution < -0.4 is 5.73 Å². The Morgan fingerprint density at radius 3 is 2.15 bits per heavy atom. The summed E-state index contributed by atoms with van der Waals surface area (Å²) in [6.07, 6.45) is 2.74. The highest BCUT2D eigenvalue weighted by atomic mass is 16.1. The Hall–Kier alpha value is -2.17. The fourth-order valence-electron chi connectivity index (χ4n) is 2.48. The summed E-state index contributed by atoms with van der Waals surface area (Å²) in [6, 6.07) is 4.35.